The van der Waals surface area contributed by atoms with Crippen molar-refractivity contribution in [2.45, 2.75) is 85.7 Å². The first-order chi connectivity index (χ1) is 20.9. The van der Waals surface area contributed by atoms with Crippen molar-refractivity contribution in [3.05, 3.63) is 118 Å². The Labute approximate surface area is 265 Å². The molecule has 0 bridgehead atoms. The van der Waals surface area contributed by atoms with Crippen molar-refractivity contribution in [3.63, 3.8) is 0 Å². The van der Waals surface area contributed by atoms with E-state index >= 15 is 0 Å². The number of rotatable bonds is 9. The van der Waals surface area contributed by atoms with Crippen LogP contribution in [-0.2, 0) is 9.16 Å². The van der Waals surface area contributed by atoms with Gasteiger partial charge in [-0.2, -0.15) is 0 Å². The van der Waals surface area contributed by atoms with Gasteiger partial charge in [-0.1, -0.05) is 117 Å². The minimum Gasteiger partial charge on any atom is -0.483 e. The molecule has 5 heteroatoms. The van der Waals surface area contributed by atoms with Crippen LogP contribution in [0.3, 0.4) is 0 Å². The number of benzene rings is 4. The maximum absolute atomic E-state index is 7.34. The normalized spacial score (nSPS) is 18.8. The quantitative estimate of drug-likeness (QED) is 0.183. The molecular weight excluding hydrogens is 561 g/mol. The van der Waals surface area contributed by atoms with Crippen LogP contribution in [0.2, 0.25) is 5.04 Å². The van der Waals surface area contributed by atoms with Crippen molar-refractivity contribution < 1.29 is 18.6 Å². The number of aryl methyl sites for hydroxylation is 6. The van der Waals surface area contributed by atoms with E-state index in [9.17, 15) is 0 Å². The molecular formula is C39H48O4Si. The largest absolute Gasteiger partial charge is 0.483 e. The third kappa shape index (κ3) is 6.37. The molecule has 5 rings (SSSR count). The summed E-state index contributed by atoms with van der Waals surface area (Å²) in [6, 6.07) is 30.2. The topological polar surface area (TPSA) is 36.9 Å². The van der Waals surface area contributed by atoms with E-state index in [1.807, 2.05) is 0 Å². The van der Waals surface area contributed by atoms with E-state index in [0.29, 0.717) is 13.2 Å². The van der Waals surface area contributed by atoms with Crippen LogP contribution in [0.4, 0.5) is 0 Å². The summed E-state index contributed by atoms with van der Waals surface area (Å²) in [5.74, 6) is 1.80. The SMILES string of the molecule is Cc1cc(C)c(O[C@H]2[C@@H](Oc3c(C)cc(C)cc3C)CO[C@@H]2CO[Si](c2ccccc2)(c2ccccc2)C(C)(C)C)c(C)c1. The van der Waals surface area contributed by atoms with Gasteiger partial charge in [0.05, 0.1) is 13.2 Å². The molecule has 3 atom stereocenters. The fraction of sp³-hybridized carbons (Fsp3) is 0.385. The Bertz CT molecular complexity index is 1490. The molecule has 4 nitrogen and oxygen atoms in total. The molecule has 1 aliphatic heterocycles. The van der Waals surface area contributed by atoms with Gasteiger partial charge in [-0.05, 0) is 79.2 Å². The third-order valence-corrected chi connectivity index (χ3v) is 13.8. The minimum absolute atomic E-state index is 0.138. The average molecular weight is 609 g/mol. The zero-order valence-corrected chi connectivity index (χ0v) is 28.9. The van der Waals surface area contributed by atoms with Crippen molar-refractivity contribution in [1.82, 2.24) is 0 Å². The molecule has 4 aromatic rings. The minimum atomic E-state index is -2.76. The van der Waals surface area contributed by atoms with Gasteiger partial charge in [0.25, 0.3) is 8.32 Å². The van der Waals surface area contributed by atoms with Crippen LogP contribution in [0.5, 0.6) is 11.5 Å². The molecule has 0 aliphatic carbocycles. The standard InChI is InChI=1S/C39H48O4Si/c1-26-20-28(3)36(29(4)21-26)42-35-24-40-34(38(35)43-37-30(5)22-27(2)23-31(37)6)25-41-44(39(7,8)9,32-16-12-10-13-17-32)33-18-14-11-15-19-33/h10-23,34-35,38H,24-25H2,1-9H3/t34-,35+,38-/m1/s1. The van der Waals surface area contributed by atoms with Gasteiger partial charge in [0.15, 0.2) is 12.2 Å². The zero-order chi connectivity index (χ0) is 31.6. The van der Waals surface area contributed by atoms with E-state index in [1.165, 1.54) is 21.5 Å². The molecule has 1 heterocycles. The van der Waals surface area contributed by atoms with E-state index in [0.717, 1.165) is 33.8 Å². The predicted molar refractivity (Wildman–Crippen MR) is 183 cm³/mol. The Hall–Kier alpha value is -3.38. The molecule has 0 saturated carbocycles. The maximum Gasteiger partial charge on any atom is 0.261 e. The molecule has 0 amide bonds. The van der Waals surface area contributed by atoms with Crippen molar-refractivity contribution in [2.75, 3.05) is 13.2 Å². The van der Waals surface area contributed by atoms with E-state index in [1.54, 1.807) is 0 Å². The highest BCUT2D eigenvalue weighted by molar-refractivity contribution is 6.99. The van der Waals surface area contributed by atoms with Crippen LogP contribution in [0.25, 0.3) is 0 Å². The van der Waals surface area contributed by atoms with E-state index in [4.69, 9.17) is 18.6 Å². The lowest BCUT2D eigenvalue weighted by Crippen LogP contribution is -2.67. The van der Waals surface area contributed by atoms with Gasteiger partial charge < -0.3 is 18.6 Å². The first-order valence-electron chi connectivity index (χ1n) is 15.8. The second-order valence-corrected chi connectivity index (χ2v) is 17.8. The van der Waals surface area contributed by atoms with Crippen LogP contribution in [-0.4, -0.2) is 39.8 Å². The molecule has 0 radical (unpaired) electrons. The van der Waals surface area contributed by atoms with Gasteiger partial charge in [-0.15, -0.1) is 0 Å². The van der Waals surface area contributed by atoms with E-state index < -0.39 is 8.32 Å². The Kier molecular flexibility index (Phi) is 9.40. The third-order valence-electron chi connectivity index (χ3n) is 8.82. The van der Waals surface area contributed by atoms with Gasteiger partial charge in [-0.25, -0.2) is 0 Å². The fourth-order valence-corrected chi connectivity index (χ4v) is 11.6. The monoisotopic (exact) mass is 608 g/mol. The Morgan fingerprint density at radius 1 is 0.659 bits per heavy atom. The zero-order valence-electron chi connectivity index (χ0n) is 27.9. The van der Waals surface area contributed by atoms with Crippen molar-refractivity contribution >= 4 is 18.7 Å². The fourth-order valence-electron chi connectivity index (χ4n) is 7.00. The lowest BCUT2D eigenvalue weighted by molar-refractivity contribution is 0.0122. The summed E-state index contributed by atoms with van der Waals surface area (Å²) in [6.07, 6.45) is -0.954. The second kappa shape index (κ2) is 12.9. The van der Waals surface area contributed by atoms with Crippen LogP contribution < -0.4 is 19.8 Å². The molecule has 232 valence electrons. The summed E-state index contributed by atoms with van der Waals surface area (Å²) in [5.41, 5.74) is 6.92. The van der Waals surface area contributed by atoms with Crippen LogP contribution >= 0.6 is 0 Å². The van der Waals surface area contributed by atoms with Crippen molar-refractivity contribution in [1.29, 1.82) is 0 Å². The van der Waals surface area contributed by atoms with E-state index in [2.05, 4.69) is 147 Å². The summed E-state index contributed by atoms with van der Waals surface area (Å²) >= 11 is 0. The molecule has 0 N–H and O–H groups in total. The molecule has 0 aromatic heterocycles. The van der Waals surface area contributed by atoms with E-state index in [-0.39, 0.29) is 23.4 Å². The molecule has 1 aliphatic rings. The number of hydrogen-bond donors (Lipinski definition) is 0. The smallest absolute Gasteiger partial charge is 0.261 e. The average Bonchev–Trinajstić information content (AvgIpc) is 3.34. The van der Waals surface area contributed by atoms with Gasteiger partial charge in [0, 0.05) is 0 Å². The van der Waals surface area contributed by atoms with Crippen molar-refractivity contribution in [2.24, 2.45) is 0 Å². The summed E-state index contributed by atoms with van der Waals surface area (Å²) in [7, 11) is -2.76. The number of hydrogen-bond acceptors (Lipinski definition) is 4. The highest BCUT2D eigenvalue weighted by atomic mass is 28.4. The molecule has 0 unspecified atom stereocenters. The lowest BCUT2D eigenvalue weighted by Gasteiger charge is -2.43. The summed E-state index contributed by atoms with van der Waals surface area (Å²) in [6.45, 7) is 20.4. The highest BCUT2D eigenvalue weighted by Gasteiger charge is 2.52. The predicted octanol–water partition coefficient (Wildman–Crippen LogP) is 7.71. The summed E-state index contributed by atoms with van der Waals surface area (Å²) in [4.78, 5) is 0. The molecule has 4 aromatic carbocycles. The van der Waals surface area contributed by atoms with Gasteiger partial charge in [0.1, 0.15) is 17.6 Å². The molecule has 0 spiro atoms. The van der Waals surface area contributed by atoms with Gasteiger partial charge in [-0.3, -0.25) is 0 Å². The van der Waals surface area contributed by atoms with Crippen LogP contribution in [0.1, 0.15) is 54.2 Å². The Morgan fingerprint density at radius 3 is 1.52 bits per heavy atom. The van der Waals surface area contributed by atoms with Crippen molar-refractivity contribution in [3.8, 4) is 11.5 Å². The Morgan fingerprint density at radius 2 is 1.09 bits per heavy atom. The van der Waals surface area contributed by atoms with Gasteiger partial charge >= 0.3 is 0 Å². The second-order valence-electron chi connectivity index (χ2n) is 13.5. The molecule has 44 heavy (non-hydrogen) atoms. The Balaban J connectivity index is 1.53. The lowest BCUT2D eigenvalue weighted by atomic mass is 10.0. The molecule has 1 saturated heterocycles. The summed E-state index contributed by atoms with van der Waals surface area (Å²) in [5, 5.41) is 2.36. The number of ether oxygens (including phenoxy) is 3. The molecule has 1 fully saturated rings. The maximum atomic E-state index is 7.34. The van der Waals surface area contributed by atoms with Crippen LogP contribution in [0, 0.1) is 41.5 Å². The van der Waals surface area contributed by atoms with Gasteiger partial charge in [0.2, 0.25) is 0 Å². The first kappa shape index (κ1) is 32.0. The summed E-state index contributed by atoms with van der Waals surface area (Å²) < 4.78 is 27.6. The highest BCUT2D eigenvalue weighted by Crippen LogP contribution is 2.38. The van der Waals surface area contributed by atoms with Crippen LogP contribution in [0.15, 0.2) is 84.9 Å². The first-order valence-corrected chi connectivity index (χ1v) is 17.7.